The molecule has 0 aliphatic heterocycles. The predicted octanol–water partition coefficient (Wildman–Crippen LogP) is 1.33. The monoisotopic (exact) mass is 233 g/mol. The van der Waals surface area contributed by atoms with Crippen molar-refractivity contribution in [1.82, 2.24) is 0 Å². The first-order valence-electron chi connectivity index (χ1n) is 5.38. The van der Waals surface area contributed by atoms with Crippen LogP contribution < -0.4 is 0 Å². The first-order chi connectivity index (χ1) is 8.15. The molecule has 0 bridgehead atoms. The van der Waals surface area contributed by atoms with Crippen LogP contribution in [-0.2, 0) is 29.0 Å². The Morgan fingerprint density at radius 3 is 2.71 bits per heavy atom. The molecule has 0 atom stereocenters. The van der Waals surface area contributed by atoms with E-state index in [0.29, 0.717) is 23.1 Å². The lowest BCUT2D eigenvalue weighted by molar-refractivity contribution is -0.139. The number of benzene rings is 1. The summed E-state index contributed by atoms with van der Waals surface area (Å²) in [6, 6.07) is 5.48. The fourth-order valence-electron chi connectivity index (χ4n) is 1.73. The van der Waals surface area contributed by atoms with Crippen molar-refractivity contribution in [2.45, 2.75) is 26.4 Å². The van der Waals surface area contributed by atoms with Crippen molar-refractivity contribution < 1.29 is 14.6 Å². The fourth-order valence-corrected chi connectivity index (χ4v) is 1.73. The van der Waals surface area contributed by atoms with Gasteiger partial charge in [-0.3, -0.25) is 4.79 Å². The Bertz CT molecular complexity index is 460. The van der Waals surface area contributed by atoms with Gasteiger partial charge in [0.25, 0.3) is 0 Å². The van der Waals surface area contributed by atoms with Crippen molar-refractivity contribution in [1.29, 1.82) is 5.26 Å². The molecule has 4 nitrogen and oxygen atoms in total. The van der Waals surface area contributed by atoms with E-state index in [1.807, 2.05) is 13.0 Å². The number of nitriles is 1. The summed E-state index contributed by atoms with van der Waals surface area (Å²) in [4.78, 5) is 11.3. The van der Waals surface area contributed by atoms with Gasteiger partial charge in [-0.2, -0.15) is 5.26 Å². The van der Waals surface area contributed by atoms with Crippen molar-refractivity contribution in [2.75, 3.05) is 7.11 Å². The van der Waals surface area contributed by atoms with Crippen LogP contribution in [0.15, 0.2) is 12.1 Å². The molecule has 1 aromatic carbocycles. The van der Waals surface area contributed by atoms with Crippen LogP contribution in [0.4, 0.5) is 0 Å². The van der Waals surface area contributed by atoms with Crippen LogP contribution in [0.5, 0.6) is 0 Å². The molecule has 0 unspecified atom stereocenters. The zero-order valence-corrected chi connectivity index (χ0v) is 9.99. The molecular weight excluding hydrogens is 218 g/mol. The highest BCUT2D eigenvalue weighted by Gasteiger charge is 2.13. The Balaban J connectivity index is 3.25. The Morgan fingerprint density at radius 2 is 2.24 bits per heavy atom. The molecule has 0 heterocycles. The van der Waals surface area contributed by atoms with Crippen LogP contribution in [0.25, 0.3) is 0 Å². The molecule has 0 aliphatic carbocycles. The highest BCUT2D eigenvalue weighted by molar-refractivity contribution is 5.74. The lowest BCUT2D eigenvalue weighted by Gasteiger charge is -2.11. The zero-order valence-electron chi connectivity index (χ0n) is 9.99. The fraction of sp³-hybridized carbons (Fsp3) is 0.385. The average Bonchev–Trinajstić information content (AvgIpc) is 2.38. The summed E-state index contributed by atoms with van der Waals surface area (Å²) in [6.07, 6.45) is 0.795. The molecule has 0 aliphatic rings. The molecule has 0 saturated carbocycles. The number of rotatable bonds is 4. The minimum Gasteiger partial charge on any atom is -0.469 e. The zero-order chi connectivity index (χ0) is 12.8. The topological polar surface area (TPSA) is 70.3 Å². The number of aliphatic hydroxyl groups excluding tert-OH is 1. The van der Waals surface area contributed by atoms with Crippen LogP contribution in [0.1, 0.15) is 29.2 Å². The van der Waals surface area contributed by atoms with Crippen LogP contribution in [0.2, 0.25) is 0 Å². The van der Waals surface area contributed by atoms with E-state index < -0.39 is 0 Å². The van der Waals surface area contributed by atoms with Crippen molar-refractivity contribution >= 4 is 5.97 Å². The minimum atomic E-state index is -0.368. The number of aryl methyl sites for hydroxylation is 1. The Hall–Kier alpha value is -1.86. The second-order valence-corrected chi connectivity index (χ2v) is 3.66. The van der Waals surface area contributed by atoms with Crippen molar-refractivity contribution in [3.63, 3.8) is 0 Å². The van der Waals surface area contributed by atoms with Gasteiger partial charge in [0, 0.05) is 0 Å². The van der Waals surface area contributed by atoms with Crippen molar-refractivity contribution in [3.05, 3.63) is 34.4 Å². The van der Waals surface area contributed by atoms with E-state index in [0.717, 1.165) is 5.56 Å². The maximum atomic E-state index is 11.3. The number of carbonyl (C=O) groups is 1. The molecule has 0 aromatic heterocycles. The Kier molecular flexibility index (Phi) is 4.68. The summed E-state index contributed by atoms with van der Waals surface area (Å²) >= 11 is 0. The van der Waals surface area contributed by atoms with Crippen LogP contribution >= 0.6 is 0 Å². The van der Waals surface area contributed by atoms with Gasteiger partial charge in [0.1, 0.15) is 0 Å². The summed E-state index contributed by atoms with van der Waals surface area (Å²) < 4.78 is 4.61. The van der Waals surface area contributed by atoms with Crippen LogP contribution in [0.3, 0.4) is 0 Å². The van der Waals surface area contributed by atoms with Gasteiger partial charge in [0.2, 0.25) is 0 Å². The molecule has 0 amide bonds. The van der Waals surface area contributed by atoms with Crippen LogP contribution in [-0.4, -0.2) is 18.2 Å². The number of aliphatic hydroxyl groups is 1. The largest absolute Gasteiger partial charge is 0.469 e. The SMILES string of the molecule is CCc1cc(CO)cc(C#N)c1CC(=O)OC. The molecule has 0 saturated heterocycles. The second kappa shape index (κ2) is 6.02. The summed E-state index contributed by atoms with van der Waals surface area (Å²) in [6.45, 7) is 1.83. The molecule has 1 rings (SSSR count). The Labute approximate surface area is 100 Å². The van der Waals surface area contributed by atoms with E-state index in [1.54, 1.807) is 6.07 Å². The van der Waals surface area contributed by atoms with Crippen molar-refractivity contribution in [3.8, 4) is 6.07 Å². The van der Waals surface area contributed by atoms with E-state index in [2.05, 4.69) is 10.8 Å². The minimum absolute atomic E-state index is 0.0915. The lowest BCUT2D eigenvalue weighted by Crippen LogP contribution is -2.09. The first kappa shape index (κ1) is 13.2. The third-order valence-electron chi connectivity index (χ3n) is 2.63. The molecule has 0 spiro atoms. The quantitative estimate of drug-likeness (QED) is 0.796. The maximum Gasteiger partial charge on any atom is 0.310 e. The van der Waals surface area contributed by atoms with Crippen molar-refractivity contribution in [2.24, 2.45) is 0 Å². The molecule has 1 aromatic rings. The number of nitrogens with zero attached hydrogens (tertiary/aromatic N) is 1. The Morgan fingerprint density at radius 1 is 1.53 bits per heavy atom. The molecular formula is C13H15NO3. The molecule has 0 radical (unpaired) electrons. The van der Waals surface area contributed by atoms with Gasteiger partial charge >= 0.3 is 5.97 Å². The van der Waals surface area contributed by atoms with Crippen LogP contribution in [0, 0.1) is 11.3 Å². The third-order valence-corrected chi connectivity index (χ3v) is 2.63. The van der Waals surface area contributed by atoms with Gasteiger partial charge in [-0.15, -0.1) is 0 Å². The van der Waals surface area contributed by atoms with Gasteiger partial charge in [0.05, 0.1) is 31.8 Å². The maximum absolute atomic E-state index is 11.3. The number of ether oxygens (including phenoxy) is 1. The van der Waals surface area contributed by atoms with E-state index in [9.17, 15) is 4.79 Å². The summed E-state index contributed by atoms with van der Waals surface area (Å²) in [5, 5.41) is 18.2. The summed E-state index contributed by atoms with van der Waals surface area (Å²) in [7, 11) is 1.32. The van der Waals surface area contributed by atoms with E-state index in [4.69, 9.17) is 10.4 Å². The summed E-state index contributed by atoms with van der Waals surface area (Å²) in [5.41, 5.74) is 2.71. The highest BCUT2D eigenvalue weighted by Crippen LogP contribution is 2.19. The van der Waals surface area contributed by atoms with Gasteiger partial charge in [-0.1, -0.05) is 13.0 Å². The average molecular weight is 233 g/mol. The smallest absolute Gasteiger partial charge is 0.310 e. The molecule has 17 heavy (non-hydrogen) atoms. The number of hydrogen-bond acceptors (Lipinski definition) is 4. The first-order valence-corrected chi connectivity index (χ1v) is 5.38. The second-order valence-electron chi connectivity index (χ2n) is 3.66. The molecule has 1 N–H and O–H groups in total. The van der Waals surface area contributed by atoms with E-state index >= 15 is 0 Å². The van der Waals surface area contributed by atoms with Gasteiger partial charge < -0.3 is 9.84 Å². The molecule has 4 heteroatoms. The highest BCUT2D eigenvalue weighted by atomic mass is 16.5. The number of esters is 1. The van der Waals surface area contributed by atoms with E-state index in [1.165, 1.54) is 7.11 Å². The number of hydrogen-bond donors (Lipinski definition) is 1. The number of methoxy groups -OCH3 is 1. The number of carbonyl (C=O) groups excluding carboxylic acids is 1. The summed E-state index contributed by atoms with van der Waals surface area (Å²) in [5.74, 6) is -0.368. The van der Waals surface area contributed by atoms with E-state index in [-0.39, 0.29) is 19.0 Å². The molecule has 90 valence electrons. The third kappa shape index (κ3) is 3.05. The standard InChI is InChI=1S/C13H15NO3/c1-3-10-4-9(8-15)5-11(7-14)12(10)6-13(16)17-2/h4-5,15H,3,6,8H2,1-2H3. The van der Waals surface area contributed by atoms with Gasteiger partial charge in [-0.25, -0.2) is 0 Å². The lowest BCUT2D eigenvalue weighted by atomic mass is 9.94. The predicted molar refractivity (Wildman–Crippen MR) is 62.2 cm³/mol. The van der Waals surface area contributed by atoms with Gasteiger partial charge in [-0.05, 0) is 29.2 Å². The van der Waals surface area contributed by atoms with Gasteiger partial charge in [0.15, 0.2) is 0 Å². The normalized spacial score (nSPS) is 9.76. The molecule has 0 fully saturated rings.